The maximum atomic E-state index is 6.06. The van der Waals surface area contributed by atoms with E-state index in [1.165, 1.54) is 5.56 Å². The Bertz CT molecular complexity index is 384. The van der Waals surface area contributed by atoms with Crippen LogP contribution in [0.1, 0.15) is 18.4 Å². The molecule has 0 saturated heterocycles. The minimum Gasteiger partial charge on any atom is -0.497 e. The number of nitrogens with two attached hydrogens (primary N) is 1. The van der Waals surface area contributed by atoms with Gasteiger partial charge in [-0.3, -0.25) is 0 Å². The third-order valence-electron chi connectivity index (χ3n) is 3.00. The molecule has 1 aliphatic heterocycles. The number of aryl methyl sites for hydroxylation is 1. The Kier molecular flexibility index (Phi) is 4.04. The number of rotatable bonds is 5. The highest BCUT2D eigenvalue weighted by atomic mass is 16.5. The average molecular weight is 233 g/mol. The van der Waals surface area contributed by atoms with Gasteiger partial charge in [0.15, 0.2) is 0 Å². The Balaban J connectivity index is 1.84. The number of benzene rings is 1. The fraction of sp³-hybridized carbons (Fsp3) is 0.429. The van der Waals surface area contributed by atoms with Gasteiger partial charge in [-0.15, -0.1) is 0 Å². The van der Waals surface area contributed by atoms with Gasteiger partial charge in [0, 0.05) is 6.42 Å². The zero-order valence-electron chi connectivity index (χ0n) is 10.2. The minimum atomic E-state index is 0.0274. The van der Waals surface area contributed by atoms with Crippen molar-refractivity contribution < 1.29 is 9.47 Å². The van der Waals surface area contributed by atoms with Gasteiger partial charge in [0.25, 0.3) is 0 Å². The quantitative estimate of drug-likeness (QED) is 0.848. The average Bonchev–Trinajstić information content (AvgIpc) is 2.90. The van der Waals surface area contributed by atoms with Gasteiger partial charge >= 0.3 is 0 Å². The van der Waals surface area contributed by atoms with Crippen LogP contribution in [0.25, 0.3) is 0 Å². The van der Waals surface area contributed by atoms with E-state index in [0.29, 0.717) is 0 Å². The second kappa shape index (κ2) is 5.73. The van der Waals surface area contributed by atoms with E-state index in [4.69, 9.17) is 15.2 Å². The smallest absolute Gasteiger partial charge is 0.118 e. The summed E-state index contributed by atoms with van der Waals surface area (Å²) in [5.74, 6) is 1.85. The number of hydrogen-bond donors (Lipinski definition) is 1. The molecular weight excluding hydrogens is 214 g/mol. The number of methoxy groups -OCH3 is 1. The minimum absolute atomic E-state index is 0.0274. The maximum Gasteiger partial charge on any atom is 0.118 e. The predicted molar refractivity (Wildman–Crippen MR) is 67.9 cm³/mol. The Labute approximate surface area is 102 Å². The highest BCUT2D eigenvalue weighted by Crippen LogP contribution is 2.17. The van der Waals surface area contributed by atoms with Gasteiger partial charge in [0.2, 0.25) is 0 Å². The van der Waals surface area contributed by atoms with Crippen molar-refractivity contribution in [2.75, 3.05) is 13.7 Å². The van der Waals surface area contributed by atoms with Crippen LogP contribution in [0.15, 0.2) is 36.1 Å². The van der Waals surface area contributed by atoms with Gasteiger partial charge in [-0.1, -0.05) is 12.1 Å². The van der Waals surface area contributed by atoms with E-state index < -0.39 is 0 Å². The SMILES string of the molecule is COc1ccc(CCC(N)C2=CCCO2)cc1. The standard InChI is InChI=1S/C14H19NO2/c1-16-12-7-4-11(5-8-12)6-9-13(15)14-3-2-10-17-14/h3-5,7-8,13H,2,6,9-10,15H2,1H3. The second-order valence-electron chi connectivity index (χ2n) is 4.24. The van der Waals surface area contributed by atoms with Crippen molar-refractivity contribution in [1.82, 2.24) is 0 Å². The molecule has 1 aliphatic rings. The lowest BCUT2D eigenvalue weighted by atomic mass is 10.0. The van der Waals surface area contributed by atoms with Gasteiger partial charge in [0.1, 0.15) is 11.5 Å². The maximum absolute atomic E-state index is 6.06. The molecule has 3 nitrogen and oxygen atoms in total. The van der Waals surface area contributed by atoms with Gasteiger partial charge in [-0.2, -0.15) is 0 Å². The molecule has 0 amide bonds. The molecular formula is C14H19NO2. The zero-order chi connectivity index (χ0) is 12.1. The molecule has 0 radical (unpaired) electrons. The van der Waals surface area contributed by atoms with Gasteiger partial charge in [-0.05, 0) is 36.6 Å². The summed E-state index contributed by atoms with van der Waals surface area (Å²) >= 11 is 0. The van der Waals surface area contributed by atoms with Crippen LogP contribution in [0.2, 0.25) is 0 Å². The first-order chi connectivity index (χ1) is 8.29. The molecule has 0 saturated carbocycles. The molecule has 1 heterocycles. The van der Waals surface area contributed by atoms with Crippen molar-refractivity contribution in [3.63, 3.8) is 0 Å². The highest BCUT2D eigenvalue weighted by molar-refractivity contribution is 5.27. The normalized spacial score (nSPS) is 16.2. The Morgan fingerprint density at radius 3 is 2.71 bits per heavy atom. The molecule has 3 heteroatoms. The molecule has 0 bridgehead atoms. The Morgan fingerprint density at radius 1 is 1.35 bits per heavy atom. The first-order valence-corrected chi connectivity index (χ1v) is 6.01. The van der Waals surface area contributed by atoms with E-state index in [1.807, 2.05) is 12.1 Å². The van der Waals surface area contributed by atoms with Crippen molar-refractivity contribution in [3.05, 3.63) is 41.7 Å². The fourth-order valence-electron chi connectivity index (χ4n) is 1.95. The van der Waals surface area contributed by atoms with E-state index >= 15 is 0 Å². The summed E-state index contributed by atoms with van der Waals surface area (Å²) in [4.78, 5) is 0. The van der Waals surface area contributed by atoms with Crippen LogP contribution in [-0.2, 0) is 11.2 Å². The monoisotopic (exact) mass is 233 g/mol. The summed E-state index contributed by atoms with van der Waals surface area (Å²) in [7, 11) is 1.68. The van der Waals surface area contributed by atoms with Crippen LogP contribution >= 0.6 is 0 Å². The van der Waals surface area contributed by atoms with Crippen LogP contribution in [0.5, 0.6) is 5.75 Å². The van der Waals surface area contributed by atoms with Crippen LogP contribution in [0.4, 0.5) is 0 Å². The van der Waals surface area contributed by atoms with Crippen molar-refractivity contribution in [1.29, 1.82) is 0 Å². The van der Waals surface area contributed by atoms with Crippen molar-refractivity contribution in [3.8, 4) is 5.75 Å². The highest BCUT2D eigenvalue weighted by Gasteiger charge is 2.14. The third-order valence-corrected chi connectivity index (χ3v) is 3.00. The van der Waals surface area contributed by atoms with E-state index in [9.17, 15) is 0 Å². The van der Waals surface area contributed by atoms with Gasteiger partial charge < -0.3 is 15.2 Å². The molecule has 2 rings (SSSR count). The van der Waals surface area contributed by atoms with Crippen molar-refractivity contribution in [2.45, 2.75) is 25.3 Å². The van der Waals surface area contributed by atoms with Crippen molar-refractivity contribution >= 4 is 0 Å². The Hall–Kier alpha value is -1.48. The summed E-state index contributed by atoms with van der Waals surface area (Å²) < 4.78 is 10.6. The van der Waals surface area contributed by atoms with Crippen LogP contribution in [0, 0.1) is 0 Å². The van der Waals surface area contributed by atoms with Crippen LogP contribution < -0.4 is 10.5 Å². The molecule has 2 N–H and O–H groups in total. The lowest BCUT2D eigenvalue weighted by molar-refractivity contribution is 0.222. The van der Waals surface area contributed by atoms with Gasteiger partial charge in [0.05, 0.1) is 19.8 Å². The Morgan fingerprint density at radius 2 is 2.12 bits per heavy atom. The van der Waals surface area contributed by atoms with E-state index in [0.717, 1.165) is 37.4 Å². The summed E-state index contributed by atoms with van der Waals surface area (Å²) in [5.41, 5.74) is 7.34. The summed E-state index contributed by atoms with van der Waals surface area (Å²) in [6, 6.07) is 8.14. The zero-order valence-corrected chi connectivity index (χ0v) is 10.2. The molecule has 1 atom stereocenters. The van der Waals surface area contributed by atoms with E-state index in [-0.39, 0.29) is 6.04 Å². The number of ether oxygens (including phenoxy) is 2. The molecule has 0 aliphatic carbocycles. The van der Waals surface area contributed by atoms with Crippen LogP contribution in [0.3, 0.4) is 0 Å². The topological polar surface area (TPSA) is 44.5 Å². The van der Waals surface area contributed by atoms with Crippen molar-refractivity contribution in [2.24, 2.45) is 5.73 Å². The lowest BCUT2D eigenvalue weighted by Crippen LogP contribution is -2.23. The predicted octanol–water partition coefficient (Wildman–Crippen LogP) is 2.26. The summed E-state index contributed by atoms with van der Waals surface area (Å²) in [6.07, 6.45) is 4.97. The first kappa shape index (κ1) is 12.0. The molecule has 1 aromatic rings. The molecule has 0 fully saturated rings. The second-order valence-corrected chi connectivity index (χ2v) is 4.24. The molecule has 0 spiro atoms. The molecule has 0 aromatic heterocycles. The summed E-state index contributed by atoms with van der Waals surface area (Å²) in [6.45, 7) is 0.783. The van der Waals surface area contributed by atoms with E-state index in [1.54, 1.807) is 7.11 Å². The molecule has 17 heavy (non-hydrogen) atoms. The van der Waals surface area contributed by atoms with E-state index in [2.05, 4.69) is 18.2 Å². The molecule has 1 aromatic carbocycles. The number of hydrogen-bond acceptors (Lipinski definition) is 3. The summed E-state index contributed by atoms with van der Waals surface area (Å²) in [5, 5.41) is 0. The van der Waals surface area contributed by atoms with Crippen LogP contribution in [-0.4, -0.2) is 19.8 Å². The molecule has 92 valence electrons. The van der Waals surface area contributed by atoms with Gasteiger partial charge in [-0.25, -0.2) is 0 Å². The third kappa shape index (κ3) is 3.24. The largest absolute Gasteiger partial charge is 0.497 e. The fourth-order valence-corrected chi connectivity index (χ4v) is 1.95. The lowest BCUT2D eigenvalue weighted by Gasteiger charge is -2.13. The first-order valence-electron chi connectivity index (χ1n) is 6.01. The molecule has 1 unspecified atom stereocenters.